The van der Waals surface area contributed by atoms with Crippen LogP contribution in [0.4, 0.5) is 0 Å². The highest BCUT2D eigenvalue weighted by atomic mass is 32.2. The molecule has 25 heavy (non-hydrogen) atoms. The van der Waals surface area contributed by atoms with E-state index in [2.05, 4.69) is 5.10 Å². The number of rotatable bonds is 4. The lowest BCUT2D eigenvalue weighted by Crippen LogP contribution is -2.48. The van der Waals surface area contributed by atoms with Gasteiger partial charge in [-0.15, -0.1) is 0 Å². The Labute approximate surface area is 145 Å². The van der Waals surface area contributed by atoms with Crippen molar-refractivity contribution in [3.05, 3.63) is 41.7 Å². The minimum atomic E-state index is -3.87. The molecule has 8 nitrogen and oxygen atoms in total. The number of carbonyl (C=O) groups is 1. The van der Waals surface area contributed by atoms with E-state index in [1.165, 1.54) is 0 Å². The van der Waals surface area contributed by atoms with Crippen LogP contribution in [-0.4, -0.2) is 59.4 Å². The first kappa shape index (κ1) is 17.6. The van der Waals surface area contributed by atoms with Crippen LogP contribution in [0.3, 0.4) is 0 Å². The summed E-state index contributed by atoms with van der Waals surface area (Å²) in [4.78, 5) is 11.2. The summed E-state index contributed by atoms with van der Waals surface area (Å²) in [7, 11) is -3.87. The number of morpholine rings is 1. The number of carboxylic acid groups (broad SMARTS) is 1. The largest absolute Gasteiger partial charge is 0.479 e. The number of hydrogen-bond donors (Lipinski definition) is 1. The second-order valence-corrected chi connectivity index (χ2v) is 7.68. The van der Waals surface area contributed by atoms with Crippen molar-refractivity contribution in [3.8, 4) is 5.69 Å². The highest BCUT2D eigenvalue weighted by Gasteiger charge is 2.37. The van der Waals surface area contributed by atoms with Crippen LogP contribution in [0.5, 0.6) is 0 Å². The first-order valence-electron chi connectivity index (χ1n) is 7.78. The van der Waals surface area contributed by atoms with Gasteiger partial charge in [0, 0.05) is 6.54 Å². The molecule has 1 aliphatic heterocycles. The van der Waals surface area contributed by atoms with Gasteiger partial charge in [-0.3, -0.25) is 0 Å². The predicted molar refractivity (Wildman–Crippen MR) is 89.2 cm³/mol. The molecule has 0 amide bonds. The molecular weight excluding hydrogens is 346 g/mol. The number of nitrogens with zero attached hydrogens (tertiary/aromatic N) is 3. The van der Waals surface area contributed by atoms with Gasteiger partial charge in [-0.05, 0) is 26.0 Å². The fourth-order valence-electron chi connectivity index (χ4n) is 2.94. The fraction of sp³-hybridized carbons (Fsp3) is 0.375. The Morgan fingerprint density at radius 2 is 1.96 bits per heavy atom. The second kappa shape index (κ2) is 6.58. The SMILES string of the molecule is Cc1nn(-c2ccccc2)c(C)c1S(=O)(=O)N1CCOC(C(=O)O)C1. The Hall–Kier alpha value is -2.23. The molecule has 1 aromatic carbocycles. The molecule has 2 aromatic rings. The van der Waals surface area contributed by atoms with Crippen molar-refractivity contribution >= 4 is 16.0 Å². The molecule has 0 aliphatic carbocycles. The van der Waals surface area contributed by atoms with Crippen LogP contribution in [-0.2, 0) is 19.6 Å². The van der Waals surface area contributed by atoms with E-state index in [0.717, 1.165) is 9.99 Å². The molecule has 9 heteroatoms. The first-order valence-corrected chi connectivity index (χ1v) is 9.22. The molecule has 1 N–H and O–H groups in total. The van der Waals surface area contributed by atoms with Gasteiger partial charge in [0.2, 0.25) is 10.0 Å². The van der Waals surface area contributed by atoms with Gasteiger partial charge in [0.1, 0.15) is 4.90 Å². The molecule has 1 aliphatic rings. The number of sulfonamides is 1. The highest BCUT2D eigenvalue weighted by molar-refractivity contribution is 7.89. The molecule has 0 saturated carbocycles. The third-order valence-corrected chi connectivity index (χ3v) is 6.25. The van der Waals surface area contributed by atoms with Gasteiger partial charge in [-0.2, -0.15) is 9.40 Å². The van der Waals surface area contributed by atoms with Crippen LogP contribution in [0.15, 0.2) is 35.2 Å². The van der Waals surface area contributed by atoms with E-state index in [0.29, 0.717) is 11.4 Å². The lowest BCUT2D eigenvalue weighted by molar-refractivity contribution is -0.153. The van der Waals surface area contributed by atoms with Crippen LogP contribution in [0, 0.1) is 13.8 Å². The van der Waals surface area contributed by atoms with Crippen LogP contribution < -0.4 is 0 Å². The number of hydrogen-bond acceptors (Lipinski definition) is 5. The molecule has 0 bridgehead atoms. The summed E-state index contributed by atoms with van der Waals surface area (Å²) in [6, 6.07) is 9.24. The van der Waals surface area contributed by atoms with Crippen LogP contribution in [0.1, 0.15) is 11.4 Å². The molecule has 3 rings (SSSR count). The highest BCUT2D eigenvalue weighted by Crippen LogP contribution is 2.27. The van der Waals surface area contributed by atoms with Crippen LogP contribution >= 0.6 is 0 Å². The third kappa shape index (κ3) is 3.17. The van der Waals surface area contributed by atoms with Crippen LogP contribution in [0.2, 0.25) is 0 Å². The standard InChI is InChI=1S/C16H19N3O5S/c1-11-15(12(2)19(17-11)13-6-4-3-5-7-13)25(22,23)18-8-9-24-14(10-18)16(20)21/h3-7,14H,8-10H2,1-2H3,(H,20,21). The maximum Gasteiger partial charge on any atom is 0.334 e. The zero-order chi connectivity index (χ0) is 18.2. The zero-order valence-corrected chi connectivity index (χ0v) is 14.7. The molecule has 1 saturated heterocycles. The maximum atomic E-state index is 13.1. The predicted octanol–water partition coefficient (Wildman–Crippen LogP) is 0.963. The topological polar surface area (TPSA) is 102 Å². The number of aliphatic carboxylic acids is 1. The number of carboxylic acids is 1. The molecule has 1 unspecified atom stereocenters. The molecule has 1 aromatic heterocycles. The van der Waals surface area contributed by atoms with Gasteiger partial charge in [-0.25, -0.2) is 17.9 Å². The Morgan fingerprint density at radius 3 is 2.60 bits per heavy atom. The lowest BCUT2D eigenvalue weighted by Gasteiger charge is -2.30. The summed E-state index contributed by atoms with van der Waals surface area (Å²) in [6.45, 7) is 3.26. The Bertz CT molecular complexity index is 892. The molecular formula is C16H19N3O5S. The molecule has 1 atom stereocenters. The van der Waals surface area contributed by atoms with Gasteiger partial charge in [-0.1, -0.05) is 18.2 Å². The summed E-state index contributed by atoms with van der Waals surface area (Å²) in [6.07, 6.45) is -1.16. The van der Waals surface area contributed by atoms with E-state index in [4.69, 9.17) is 9.84 Å². The van der Waals surface area contributed by atoms with Gasteiger partial charge < -0.3 is 9.84 Å². The van der Waals surface area contributed by atoms with E-state index in [9.17, 15) is 13.2 Å². The average molecular weight is 365 g/mol. The minimum Gasteiger partial charge on any atom is -0.479 e. The fourth-order valence-corrected chi connectivity index (χ4v) is 4.72. The van der Waals surface area contributed by atoms with Crippen molar-refractivity contribution in [3.63, 3.8) is 0 Å². The van der Waals surface area contributed by atoms with E-state index in [1.807, 2.05) is 30.3 Å². The monoisotopic (exact) mass is 365 g/mol. The van der Waals surface area contributed by atoms with Crippen molar-refractivity contribution in [1.82, 2.24) is 14.1 Å². The molecule has 1 fully saturated rings. The number of aromatic nitrogens is 2. The third-order valence-electron chi connectivity index (χ3n) is 4.13. The van der Waals surface area contributed by atoms with E-state index in [-0.39, 0.29) is 24.6 Å². The van der Waals surface area contributed by atoms with E-state index < -0.39 is 22.1 Å². The first-order chi connectivity index (χ1) is 11.8. The van der Waals surface area contributed by atoms with Crippen molar-refractivity contribution in [2.75, 3.05) is 19.7 Å². The van der Waals surface area contributed by atoms with Crippen molar-refractivity contribution in [2.24, 2.45) is 0 Å². The smallest absolute Gasteiger partial charge is 0.334 e. The average Bonchev–Trinajstić information content (AvgIpc) is 2.91. The Balaban J connectivity index is 2.01. The van der Waals surface area contributed by atoms with Gasteiger partial charge in [0.05, 0.1) is 30.2 Å². The molecule has 134 valence electrons. The van der Waals surface area contributed by atoms with E-state index in [1.54, 1.807) is 18.5 Å². The zero-order valence-electron chi connectivity index (χ0n) is 13.9. The van der Waals surface area contributed by atoms with Gasteiger partial charge >= 0.3 is 5.97 Å². The number of benzene rings is 1. The maximum absolute atomic E-state index is 13.1. The molecule has 0 spiro atoms. The summed E-state index contributed by atoms with van der Waals surface area (Å²) >= 11 is 0. The van der Waals surface area contributed by atoms with Gasteiger partial charge in [0.25, 0.3) is 0 Å². The lowest BCUT2D eigenvalue weighted by atomic mass is 10.3. The normalized spacial score (nSPS) is 19.0. The molecule has 0 radical (unpaired) electrons. The minimum absolute atomic E-state index is 0.0428. The summed E-state index contributed by atoms with van der Waals surface area (Å²) in [5.41, 5.74) is 1.62. The summed E-state index contributed by atoms with van der Waals surface area (Å²) < 4.78 is 34.0. The molecule has 2 heterocycles. The number of ether oxygens (including phenoxy) is 1. The van der Waals surface area contributed by atoms with Crippen molar-refractivity contribution in [2.45, 2.75) is 24.8 Å². The summed E-state index contributed by atoms with van der Waals surface area (Å²) in [5.74, 6) is -1.17. The Kier molecular flexibility index (Phi) is 4.63. The quantitative estimate of drug-likeness (QED) is 0.866. The summed E-state index contributed by atoms with van der Waals surface area (Å²) in [5, 5.41) is 13.5. The number of para-hydroxylation sites is 1. The Morgan fingerprint density at radius 1 is 1.28 bits per heavy atom. The van der Waals surface area contributed by atoms with Gasteiger partial charge in [0.15, 0.2) is 6.10 Å². The van der Waals surface area contributed by atoms with Crippen LogP contribution in [0.25, 0.3) is 5.69 Å². The van der Waals surface area contributed by atoms with Crippen molar-refractivity contribution in [1.29, 1.82) is 0 Å². The second-order valence-electron chi connectivity index (χ2n) is 5.81. The van der Waals surface area contributed by atoms with Crippen molar-refractivity contribution < 1.29 is 23.1 Å². The van der Waals surface area contributed by atoms with E-state index >= 15 is 0 Å². The number of aryl methyl sites for hydroxylation is 1.